The highest BCUT2D eigenvalue weighted by atomic mass is 19.3. The van der Waals surface area contributed by atoms with E-state index in [1.165, 1.54) is 65.4 Å². The van der Waals surface area contributed by atoms with E-state index in [0.717, 1.165) is 37.4 Å². The summed E-state index contributed by atoms with van der Waals surface area (Å²) in [6, 6.07) is 15.6. The molecule has 0 aliphatic carbocycles. The van der Waals surface area contributed by atoms with Crippen LogP contribution in [0, 0.1) is 17.1 Å². The molecule has 1 N–H and O–H groups in total. The molecule has 0 unspecified atom stereocenters. The summed E-state index contributed by atoms with van der Waals surface area (Å²) < 4.78 is 54.4. The Morgan fingerprint density at radius 2 is 1.70 bits per heavy atom. The van der Waals surface area contributed by atoms with Gasteiger partial charge in [-0.2, -0.15) is 19.1 Å². The van der Waals surface area contributed by atoms with Gasteiger partial charge in [0.2, 0.25) is 0 Å². The number of hydrogen-bond acceptors (Lipinski definition) is 7. The number of benzene rings is 3. The predicted octanol–water partition coefficient (Wildman–Crippen LogP) is 5.15. The number of carbonyl (C=O) groups is 2. The molecule has 46 heavy (non-hydrogen) atoms. The molecule has 3 aromatic carbocycles. The number of ether oxygens (including phenoxy) is 2. The summed E-state index contributed by atoms with van der Waals surface area (Å²) in [5.74, 6) is -4.67. The van der Waals surface area contributed by atoms with Gasteiger partial charge in [0.25, 0.3) is 17.7 Å². The minimum atomic E-state index is -3.36. The number of alkyl halides is 2. The fraction of sp³-hybridized carbons (Fsp3) is 0.273. The van der Waals surface area contributed by atoms with E-state index in [1.807, 2.05) is 20.2 Å². The average molecular weight is 635 g/mol. The van der Waals surface area contributed by atoms with Gasteiger partial charge in [0.05, 0.1) is 37.7 Å². The summed E-state index contributed by atoms with van der Waals surface area (Å²) in [5, 5.41) is 16.1. The largest absolute Gasteiger partial charge is 0.495 e. The Balaban J connectivity index is 0.000000617. The van der Waals surface area contributed by atoms with Crippen molar-refractivity contribution in [2.24, 2.45) is 0 Å². The number of hydrogen-bond donors (Lipinski definition) is 1. The number of anilines is 2. The number of amides is 2. The van der Waals surface area contributed by atoms with Crippen LogP contribution in [0.1, 0.15) is 37.5 Å². The number of rotatable bonds is 9. The lowest BCUT2D eigenvalue weighted by molar-refractivity contribution is 0.0428. The van der Waals surface area contributed by atoms with E-state index >= 15 is 0 Å². The van der Waals surface area contributed by atoms with Crippen molar-refractivity contribution < 1.29 is 32.2 Å². The SMILES string of the molecule is COCCN(C)C.COc1ccc(C(=O)Nc2cnn3c2C(=O)N(c2ccc(C(F)(F)c4ccc(F)cc4)cc2)CC3)cc1C#N. The van der Waals surface area contributed by atoms with Crippen molar-refractivity contribution in [3.63, 3.8) is 0 Å². The van der Waals surface area contributed by atoms with Crippen LogP contribution < -0.4 is 15.0 Å². The number of methoxy groups -OCH3 is 2. The number of carbonyl (C=O) groups excluding carboxylic acids is 2. The molecule has 0 saturated heterocycles. The highest BCUT2D eigenvalue weighted by Gasteiger charge is 2.35. The van der Waals surface area contributed by atoms with E-state index in [4.69, 9.17) is 9.47 Å². The van der Waals surface area contributed by atoms with Gasteiger partial charge in [-0.3, -0.25) is 14.3 Å². The molecule has 0 fully saturated rings. The van der Waals surface area contributed by atoms with Gasteiger partial charge in [0.1, 0.15) is 23.3 Å². The van der Waals surface area contributed by atoms with Gasteiger partial charge in [-0.05, 0) is 68.7 Å². The molecule has 2 heterocycles. The van der Waals surface area contributed by atoms with E-state index < -0.39 is 23.6 Å². The normalized spacial score (nSPS) is 12.6. The molecule has 1 aliphatic heterocycles. The lowest BCUT2D eigenvalue weighted by Crippen LogP contribution is -2.41. The van der Waals surface area contributed by atoms with Gasteiger partial charge < -0.3 is 24.6 Å². The van der Waals surface area contributed by atoms with Gasteiger partial charge >= 0.3 is 0 Å². The fourth-order valence-corrected chi connectivity index (χ4v) is 4.62. The Hall–Kier alpha value is -5.19. The summed E-state index contributed by atoms with van der Waals surface area (Å²) in [4.78, 5) is 29.8. The van der Waals surface area contributed by atoms with Gasteiger partial charge in [0.15, 0.2) is 0 Å². The third kappa shape index (κ3) is 7.53. The highest BCUT2D eigenvalue weighted by molar-refractivity contribution is 6.13. The van der Waals surface area contributed by atoms with Crippen molar-refractivity contribution in [1.82, 2.24) is 14.7 Å². The van der Waals surface area contributed by atoms with E-state index in [-0.39, 0.29) is 40.2 Å². The molecule has 0 spiro atoms. The Labute approximate surface area is 264 Å². The third-order valence-electron chi connectivity index (χ3n) is 7.14. The number of nitrogens with one attached hydrogen (secondary N) is 1. The van der Waals surface area contributed by atoms with Crippen molar-refractivity contribution >= 4 is 23.2 Å². The Morgan fingerprint density at radius 3 is 2.26 bits per heavy atom. The van der Waals surface area contributed by atoms with Crippen molar-refractivity contribution in [3.8, 4) is 11.8 Å². The van der Waals surface area contributed by atoms with Crippen LogP contribution in [-0.4, -0.2) is 74.5 Å². The molecule has 2 amide bonds. The summed E-state index contributed by atoms with van der Waals surface area (Å²) in [5.41, 5.74) is 0.387. The first-order chi connectivity index (χ1) is 22.0. The van der Waals surface area contributed by atoms with Crippen LogP contribution in [-0.2, 0) is 17.2 Å². The van der Waals surface area contributed by atoms with Gasteiger partial charge in [-0.25, -0.2) is 4.39 Å². The maximum atomic E-state index is 15.0. The molecule has 240 valence electrons. The molecular weight excluding hydrogens is 601 g/mol. The van der Waals surface area contributed by atoms with E-state index in [0.29, 0.717) is 18.0 Å². The van der Waals surface area contributed by atoms with E-state index in [2.05, 4.69) is 15.3 Å². The van der Waals surface area contributed by atoms with Crippen LogP contribution in [0.25, 0.3) is 0 Å². The fourth-order valence-electron chi connectivity index (χ4n) is 4.62. The van der Waals surface area contributed by atoms with Gasteiger partial charge in [-0.1, -0.05) is 12.1 Å². The van der Waals surface area contributed by atoms with Gasteiger partial charge in [-0.15, -0.1) is 0 Å². The molecule has 1 aliphatic rings. The number of halogens is 3. The van der Waals surface area contributed by atoms with Crippen LogP contribution in [0.15, 0.2) is 72.9 Å². The maximum Gasteiger partial charge on any atom is 0.298 e. The zero-order valence-corrected chi connectivity index (χ0v) is 25.8. The molecule has 5 rings (SSSR count). The average Bonchev–Trinajstić information content (AvgIpc) is 3.47. The smallest absolute Gasteiger partial charge is 0.298 e. The Bertz CT molecular complexity index is 1720. The van der Waals surface area contributed by atoms with E-state index in [1.54, 1.807) is 7.11 Å². The van der Waals surface area contributed by atoms with Crippen LogP contribution >= 0.6 is 0 Å². The lowest BCUT2D eigenvalue weighted by Gasteiger charge is -2.28. The zero-order chi connectivity index (χ0) is 33.4. The summed E-state index contributed by atoms with van der Waals surface area (Å²) in [6.07, 6.45) is 1.36. The van der Waals surface area contributed by atoms with Crippen LogP contribution in [0.2, 0.25) is 0 Å². The summed E-state index contributed by atoms with van der Waals surface area (Å²) in [6.45, 7) is 2.38. The topological polar surface area (TPSA) is 113 Å². The summed E-state index contributed by atoms with van der Waals surface area (Å²) >= 11 is 0. The quantitative estimate of drug-likeness (QED) is 0.271. The van der Waals surface area contributed by atoms with Crippen LogP contribution in [0.5, 0.6) is 5.75 Å². The van der Waals surface area contributed by atoms with Crippen LogP contribution in [0.4, 0.5) is 24.5 Å². The van der Waals surface area contributed by atoms with Crippen LogP contribution in [0.3, 0.4) is 0 Å². The Kier molecular flexibility index (Phi) is 10.8. The molecule has 13 heteroatoms. The van der Waals surface area contributed by atoms with E-state index in [9.17, 15) is 28.0 Å². The molecule has 1 aromatic heterocycles. The zero-order valence-electron chi connectivity index (χ0n) is 25.8. The molecule has 10 nitrogen and oxygen atoms in total. The Morgan fingerprint density at radius 1 is 1.04 bits per heavy atom. The minimum absolute atomic E-state index is 0.129. The number of aromatic nitrogens is 2. The molecular formula is C33H33F3N6O4. The monoisotopic (exact) mass is 634 g/mol. The lowest BCUT2D eigenvalue weighted by atomic mass is 10.00. The molecule has 0 radical (unpaired) electrons. The second-order valence-electron chi connectivity index (χ2n) is 10.5. The first-order valence-corrected chi connectivity index (χ1v) is 14.1. The standard InChI is InChI=1S/C28H20F3N5O3.C5H13NO/c1-39-24-11-2-17(14-18(24)15-32)26(37)34-23-16-33-36-13-12-35(27(38)25(23)36)22-9-5-20(6-10-22)28(30,31)19-3-7-21(29)8-4-19;1-6(2)4-5-7-3/h2-11,14,16H,12-13H2,1H3,(H,34,37);4-5H2,1-3H3. The second kappa shape index (κ2) is 14.7. The number of likely N-dealkylation sites (N-methyl/N-ethyl adjacent to an activating group) is 1. The number of nitriles is 1. The van der Waals surface area contributed by atoms with Crippen molar-refractivity contribution in [1.29, 1.82) is 5.26 Å². The first kappa shape index (κ1) is 33.7. The second-order valence-corrected chi connectivity index (χ2v) is 10.5. The third-order valence-corrected chi connectivity index (χ3v) is 7.14. The molecule has 0 atom stereocenters. The van der Waals surface area contributed by atoms with Crippen molar-refractivity contribution in [2.75, 3.05) is 58.2 Å². The number of fused-ring (bicyclic) bond motifs is 1. The minimum Gasteiger partial charge on any atom is -0.495 e. The van der Waals surface area contributed by atoms with Crippen molar-refractivity contribution in [2.45, 2.75) is 12.5 Å². The molecule has 0 bridgehead atoms. The maximum absolute atomic E-state index is 15.0. The highest BCUT2D eigenvalue weighted by Crippen LogP contribution is 2.37. The first-order valence-electron chi connectivity index (χ1n) is 14.1. The summed E-state index contributed by atoms with van der Waals surface area (Å²) in [7, 11) is 7.18. The van der Waals surface area contributed by atoms with Crippen molar-refractivity contribution in [3.05, 3.63) is 107 Å². The predicted molar refractivity (Wildman–Crippen MR) is 166 cm³/mol. The number of nitrogens with zero attached hydrogens (tertiary/aromatic N) is 5. The molecule has 0 saturated carbocycles. The molecule has 4 aromatic rings. The van der Waals surface area contributed by atoms with Gasteiger partial charge in [0, 0.05) is 42.6 Å².